The van der Waals surface area contributed by atoms with Crippen LogP contribution in [-0.4, -0.2) is 16.6 Å². The maximum absolute atomic E-state index is 14.3. The summed E-state index contributed by atoms with van der Waals surface area (Å²) >= 11 is 7.54. The molecule has 2 aromatic heterocycles. The molecule has 0 atom stereocenters. The number of anilines is 1. The molecule has 1 aromatic carbocycles. The molecule has 0 amide bonds. The largest absolute Gasteiger partial charge is 0.391 e. The number of hydrogen-bond donors (Lipinski definition) is 2. The fourth-order valence-corrected chi connectivity index (χ4v) is 4.36. The summed E-state index contributed by atoms with van der Waals surface area (Å²) in [6, 6.07) is 5.77. The normalized spacial score (nSPS) is 13.9. The lowest BCUT2D eigenvalue weighted by Gasteiger charge is -2.22. The molecule has 1 aliphatic heterocycles. The summed E-state index contributed by atoms with van der Waals surface area (Å²) in [4.78, 5) is 4.45. The van der Waals surface area contributed by atoms with Gasteiger partial charge in [0.1, 0.15) is 5.52 Å². The van der Waals surface area contributed by atoms with Crippen LogP contribution in [0.5, 0.6) is 0 Å². The molecule has 0 saturated heterocycles. The fraction of sp³-hybridized carbons (Fsp3) is 0.235. The first-order valence-corrected chi connectivity index (χ1v) is 8.62. The van der Waals surface area contributed by atoms with E-state index in [-0.39, 0.29) is 6.61 Å². The molecule has 3 nitrogen and oxygen atoms in total. The average Bonchev–Trinajstić information content (AvgIpc) is 2.90. The predicted octanol–water partition coefficient (Wildman–Crippen LogP) is 4.61. The SMILES string of the molecule is OCc1sc2c(-c3cc(Cl)cc4c3NCCC4)ccnc2c1F. The number of aromatic nitrogens is 1. The molecule has 0 radical (unpaired) electrons. The summed E-state index contributed by atoms with van der Waals surface area (Å²) in [6.07, 6.45) is 3.65. The van der Waals surface area contributed by atoms with Crippen molar-refractivity contribution in [2.45, 2.75) is 19.4 Å². The summed E-state index contributed by atoms with van der Waals surface area (Å²) in [5.74, 6) is -0.432. The molecule has 0 unspecified atom stereocenters. The quantitative estimate of drug-likeness (QED) is 0.711. The Bertz CT molecular complexity index is 909. The highest BCUT2D eigenvalue weighted by Crippen LogP contribution is 2.42. The molecule has 0 saturated carbocycles. The number of halogens is 2. The lowest BCUT2D eigenvalue weighted by atomic mass is 9.95. The van der Waals surface area contributed by atoms with Crippen molar-refractivity contribution in [3.8, 4) is 11.1 Å². The predicted molar refractivity (Wildman–Crippen MR) is 92.8 cm³/mol. The van der Waals surface area contributed by atoms with Crippen LogP contribution in [0.15, 0.2) is 24.4 Å². The molecule has 118 valence electrons. The van der Waals surface area contributed by atoms with Crippen molar-refractivity contribution in [3.63, 3.8) is 0 Å². The van der Waals surface area contributed by atoms with Gasteiger partial charge < -0.3 is 10.4 Å². The second-order valence-electron chi connectivity index (χ2n) is 5.55. The Hall–Kier alpha value is -1.69. The molecule has 2 N–H and O–H groups in total. The lowest BCUT2D eigenvalue weighted by molar-refractivity contribution is 0.280. The van der Waals surface area contributed by atoms with Crippen LogP contribution in [0, 0.1) is 5.82 Å². The Morgan fingerprint density at radius 1 is 1.35 bits per heavy atom. The van der Waals surface area contributed by atoms with Gasteiger partial charge in [0.15, 0.2) is 5.82 Å². The minimum Gasteiger partial charge on any atom is -0.391 e. The van der Waals surface area contributed by atoms with Gasteiger partial charge in [-0.3, -0.25) is 4.98 Å². The number of aryl methyl sites for hydroxylation is 1. The number of aliphatic hydroxyl groups excluding tert-OH is 1. The Morgan fingerprint density at radius 3 is 3.04 bits per heavy atom. The van der Waals surface area contributed by atoms with E-state index >= 15 is 0 Å². The van der Waals surface area contributed by atoms with Crippen molar-refractivity contribution in [3.05, 3.63) is 45.7 Å². The van der Waals surface area contributed by atoms with Gasteiger partial charge in [-0.25, -0.2) is 4.39 Å². The van der Waals surface area contributed by atoms with Crippen LogP contribution >= 0.6 is 22.9 Å². The Balaban J connectivity index is 2.02. The van der Waals surface area contributed by atoms with Crippen LogP contribution < -0.4 is 5.32 Å². The number of aliphatic hydroxyl groups is 1. The highest BCUT2D eigenvalue weighted by molar-refractivity contribution is 7.19. The van der Waals surface area contributed by atoms with Crippen molar-refractivity contribution >= 4 is 38.8 Å². The zero-order valence-corrected chi connectivity index (χ0v) is 13.8. The molecule has 0 spiro atoms. The van der Waals surface area contributed by atoms with Crippen molar-refractivity contribution < 1.29 is 9.50 Å². The Morgan fingerprint density at radius 2 is 2.22 bits per heavy atom. The van der Waals surface area contributed by atoms with E-state index in [9.17, 15) is 9.50 Å². The second-order valence-corrected chi connectivity index (χ2v) is 7.09. The highest BCUT2D eigenvalue weighted by atomic mass is 35.5. The van der Waals surface area contributed by atoms with Gasteiger partial charge in [0.2, 0.25) is 0 Å². The standard InChI is InChI=1S/C17H14ClFN2OS/c18-10-6-9-2-1-4-20-15(9)12(7-10)11-3-5-21-16-14(19)13(8-22)23-17(11)16/h3,5-7,20,22H,1-2,4,8H2. The first-order valence-electron chi connectivity index (χ1n) is 7.42. The third kappa shape index (κ3) is 2.40. The zero-order valence-electron chi connectivity index (χ0n) is 12.2. The maximum atomic E-state index is 14.3. The maximum Gasteiger partial charge on any atom is 0.165 e. The van der Waals surface area contributed by atoms with Crippen LogP contribution in [0.1, 0.15) is 16.9 Å². The summed E-state index contributed by atoms with van der Waals surface area (Å²) in [5, 5.41) is 13.4. The van der Waals surface area contributed by atoms with Crippen LogP contribution in [0.3, 0.4) is 0 Å². The summed E-state index contributed by atoms with van der Waals surface area (Å²) in [6.45, 7) is 0.592. The molecule has 0 bridgehead atoms. The van der Waals surface area contributed by atoms with Crippen LogP contribution in [0.25, 0.3) is 21.3 Å². The fourth-order valence-electron chi connectivity index (χ4n) is 3.10. The van der Waals surface area contributed by atoms with Crippen molar-refractivity contribution in [2.24, 2.45) is 0 Å². The molecule has 6 heteroatoms. The molecular formula is C17H14ClFN2OS. The smallest absolute Gasteiger partial charge is 0.165 e. The second kappa shape index (κ2) is 5.74. The highest BCUT2D eigenvalue weighted by Gasteiger charge is 2.20. The van der Waals surface area contributed by atoms with E-state index in [0.717, 1.165) is 40.9 Å². The van der Waals surface area contributed by atoms with Gasteiger partial charge >= 0.3 is 0 Å². The molecule has 0 aliphatic carbocycles. The van der Waals surface area contributed by atoms with Crippen molar-refractivity contribution in [1.82, 2.24) is 4.98 Å². The van der Waals surface area contributed by atoms with E-state index in [4.69, 9.17) is 11.6 Å². The van der Waals surface area contributed by atoms with Gasteiger partial charge in [0.05, 0.1) is 16.2 Å². The van der Waals surface area contributed by atoms with Gasteiger partial charge in [-0.15, -0.1) is 11.3 Å². The van der Waals surface area contributed by atoms with E-state index in [2.05, 4.69) is 10.3 Å². The number of pyridine rings is 1. The first kappa shape index (κ1) is 14.9. The van der Waals surface area contributed by atoms with Gasteiger partial charge in [-0.05, 0) is 36.6 Å². The minimum atomic E-state index is -0.432. The van der Waals surface area contributed by atoms with Gasteiger partial charge in [-0.1, -0.05) is 11.6 Å². The lowest BCUT2D eigenvalue weighted by Crippen LogP contribution is -2.12. The summed E-state index contributed by atoms with van der Waals surface area (Å²) in [5.41, 5.74) is 4.41. The number of fused-ring (bicyclic) bond motifs is 2. The van der Waals surface area contributed by atoms with Crippen molar-refractivity contribution in [1.29, 1.82) is 0 Å². The molecular weight excluding hydrogens is 335 g/mol. The number of benzene rings is 1. The van der Waals surface area contributed by atoms with Crippen LogP contribution in [-0.2, 0) is 13.0 Å². The molecule has 1 aliphatic rings. The molecule has 0 fully saturated rings. The topological polar surface area (TPSA) is 45.1 Å². The summed E-state index contributed by atoms with van der Waals surface area (Å²) < 4.78 is 15.0. The van der Waals surface area contributed by atoms with E-state index in [0.29, 0.717) is 15.4 Å². The minimum absolute atomic E-state index is 0.307. The third-order valence-electron chi connectivity index (χ3n) is 4.13. The van der Waals surface area contributed by atoms with E-state index in [1.54, 1.807) is 6.20 Å². The van der Waals surface area contributed by atoms with Crippen molar-refractivity contribution in [2.75, 3.05) is 11.9 Å². The van der Waals surface area contributed by atoms with Gasteiger partial charge in [0.25, 0.3) is 0 Å². The number of thiophene rings is 1. The number of rotatable bonds is 2. The molecule has 3 heterocycles. The number of nitrogens with one attached hydrogen (secondary N) is 1. The first-order chi connectivity index (χ1) is 11.2. The average molecular weight is 349 g/mol. The molecule has 3 aromatic rings. The number of hydrogen-bond acceptors (Lipinski definition) is 4. The van der Waals surface area contributed by atoms with Gasteiger partial charge in [0, 0.05) is 34.6 Å². The van der Waals surface area contributed by atoms with E-state index < -0.39 is 5.82 Å². The monoisotopic (exact) mass is 348 g/mol. The molecule has 23 heavy (non-hydrogen) atoms. The van der Waals surface area contributed by atoms with Crippen LogP contribution in [0.2, 0.25) is 5.02 Å². The Labute approximate surface area is 141 Å². The van der Waals surface area contributed by atoms with E-state index in [1.807, 2.05) is 18.2 Å². The zero-order chi connectivity index (χ0) is 16.0. The molecule has 4 rings (SSSR count). The van der Waals surface area contributed by atoms with Crippen LogP contribution in [0.4, 0.5) is 10.1 Å². The van der Waals surface area contributed by atoms with E-state index in [1.165, 1.54) is 16.9 Å². The Kier molecular flexibility index (Phi) is 3.71. The van der Waals surface area contributed by atoms with Gasteiger partial charge in [-0.2, -0.15) is 0 Å². The summed E-state index contributed by atoms with van der Waals surface area (Å²) in [7, 11) is 0. The number of nitrogens with zero attached hydrogens (tertiary/aromatic N) is 1. The third-order valence-corrected chi connectivity index (χ3v) is 5.52.